The number of hydrogen-bond donors (Lipinski definition) is 1. The molecular formula is C15H13N3S2. The average molecular weight is 299 g/mol. The van der Waals surface area contributed by atoms with Crippen molar-refractivity contribution in [2.24, 2.45) is 0 Å². The van der Waals surface area contributed by atoms with E-state index in [0.717, 1.165) is 28.2 Å². The Morgan fingerprint density at radius 3 is 3.10 bits per heavy atom. The molecule has 2 aromatic heterocycles. The van der Waals surface area contributed by atoms with E-state index in [9.17, 15) is 0 Å². The molecule has 0 bridgehead atoms. The van der Waals surface area contributed by atoms with Crippen LogP contribution in [0.2, 0.25) is 0 Å². The van der Waals surface area contributed by atoms with Gasteiger partial charge in [-0.25, -0.2) is 9.97 Å². The van der Waals surface area contributed by atoms with Crippen molar-refractivity contribution in [2.45, 2.75) is 17.4 Å². The monoisotopic (exact) mass is 299 g/mol. The van der Waals surface area contributed by atoms with Gasteiger partial charge in [0.2, 0.25) is 0 Å². The highest BCUT2D eigenvalue weighted by Crippen LogP contribution is 2.38. The Kier molecular flexibility index (Phi) is 3.09. The molecule has 20 heavy (non-hydrogen) atoms. The van der Waals surface area contributed by atoms with Gasteiger partial charge >= 0.3 is 0 Å². The van der Waals surface area contributed by atoms with Crippen LogP contribution in [0.3, 0.4) is 0 Å². The van der Waals surface area contributed by atoms with Crippen LogP contribution in [0.5, 0.6) is 0 Å². The summed E-state index contributed by atoms with van der Waals surface area (Å²) in [6.45, 7) is 0. The number of anilines is 1. The summed E-state index contributed by atoms with van der Waals surface area (Å²) in [5.74, 6) is 2.09. The molecule has 1 aliphatic heterocycles. The SMILES string of the molecule is c1ccc2c(c1)SCC[C@H]2Nc1ncnc2sccc12. The highest BCUT2D eigenvalue weighted by molar-refractivity contribution is 7.99. The Labute approximate surface area is 125 Å². The van der Waals surface area contributed by atoms with Crippen molar-refractivity contribution in [3.8, 4) is 0 Å². The maximum absolute atomic E-state index is 4.42. The molecule has 1 atom stereocenters. The summed E-state index contributed by atoms with van der Waals surface area (Å²) in [7, 11) is 0. The zero-order valence-corrected chi connectivity index (χ0v) is 12.4. The first-order valence-electron chi connectivity index (χ1n) is 6.58. The average Bonchev–Trinajstić information content (AvgIpc) is 2.97. The minimum atomic E-state index is 0.338. The molecule has 100 valence electrons. The first-order valence-corrected chi connectivity index (χ1v) is 8.45. The van der Waals surface area contributed by atoms with Crippen LogP contribution in [-0.2, 0) is 0 Å². The minimum absolute atomic E-state index is 0.338. The second-order valence-electron chi connectivity index (χ2n) is 4.73. The minimum Gasteiger partial charge on any atom is -0.363 e. The van der Waals surface area contributed by atoms with E-state index in [-0.39, 0.29) is 0 Å². The lowest BCUT2D eigenvalue weighted by Crippen LogP contribution is -2.16. The number of benzene rings is 1. The van der Waals surface area contributed by atoms with Crippen LogP contribution in [0.4, 0.5) is 5.82 Å². The third-order valence-electron chi connectivity index (χ3n) is 3.53. The van der Waals surface area contributed by atoms with E-state index < -0.39 is 0 Å². The van der Waals surface area contributed by atoms with Crippen molar-refractivity contribution >= 4 is 39.1 Å². The van der Waals surface area contributed by atoms with Crippen molar-refractivity contribution in [3.63, 3.8) is 0 Å². The van der Waals surface area contributed by atoms with Gasteiger partial charge in [-0.05, 0) is 29.5 Å². The number of hydrogen-bond acceptors (Lipinski definition) is 5. The predicted molar refractivity (Wildman–Crippen MR) is 85.6 cm³/mol. The van der Waals surface area contributed by atoms with Crippen molar-refractivity contribution in [1.29, 1.82) is 0 Å². The van der Waals surface area contributed by atoms with E-state index in [1.165, 1.54) is 10.5 Å². The third-order valence-corrected chi connectivity index (χ3v) is 5.47. The molecule has 5 heteroatoms. The van der Waals surface area contributed by atoms with E-state index in [1.54, 1.807) is 17.7 Å². The molecular weight excluding hydrogens is 286 g/mol. The number of thioether (sulfide) groups is 1. The Morgan fingerprint density at radius 1 is 1.15 bits per heavy atom. The number of nitrogens with zero attached hydrogens (tertiary/aromatic N) is 2. The van der Waals surface area contributed by atoms with Gasteiger partial charge in [-0.2, -0.15) is 0 Å². The van der Waals surface area contributed by atoms with Gasteiger partial charge in [0.05, 0.1) is 11.4 Å². The smallest absolute Gasteiger partial charge is 0.138 e. The molecule has 0 fully saturated rings. The number of fused-ring (bicyclic) bond motifs is 2. The van der Waals surface area contributed by atoms with Crippen LogP contribution in [0.1, 0.15) is 18.0 Å². The van der Waals surface area contributed by atoms with E-state index in [4.69, 9.17) is 0 Å². The summed E-state index contributed by atoms with van der Waals surface area (Å²) >= 11 is 3.59. The zero-order chi connectivity index (χ0) is 13.4. The molecule has 0 saturated heterocycles. The van der Waals surface area contributed by atoms with Gasteiger partial charge in [-0.3, -0.25) is 0 Å². The summed E-state index contributed by atoms with van der Waals surface area (Å²) in [4.78, 5) is 11.2. The lowest BCUT2D eigenvalue weighted by Gasteiger charge is -2.26. The second kappa shape index (κ2) is 5.07. The molecule has 0 spiro atoms. The molecule has 0 radical (unpaired) electrons. The lowest BCUT2D eigenvalue weighted by molar-refractivity contribution is 0.725. The second-order valence-corrected chi connectivity index (χ2v) is 6.76. The van der Waals surface area contributed by atoms with Gasteiger partial charge in [-0.15, -0.1) is 23.1 Å². The Bertz CT molecular complexity index is 753. The van der Waals surface area contributed by atoms with Crippen LogP contribution in [0.25, 0.3) is 10.2 Å². The molecule has 0 saturated carbocycles. The third kappa shape index (κ3) is 2.07. The molecule has 3 aromatic rings. The van der Waals surface area contributed by atoms with Crippen LogP contribution in [0.15, 0.2) is 46.9 Å². The molecule has 4 rings (SSSR count). The summed E-state index contributed by atoms with van der Waals surface area (Å²) in [6, 6.07) is 11.1. The molecule has 1 N–H and O–H groups in total. The van der Waals surface area contributed by atoms with Gasteiger partial charge in [0.1, 0.15) is 17.0 Å². The summed E-state index contributed by atoms with van der Waals surface area (Å²) < 4.78 is 0. The topological polar surface area (TPSA) is 37.8 Å². The first kappa shape index (κ1) is 12.2. The Balaban J connectivity index is 1.72. The van der Waals surface area contributed by atoms with Crippen molar-refractivity contribution < 1.29 is 0 Å². The number of rotatable bonds is 2. The fourth-order valence-electron chi connectivity index (χ4n) is 2.56. The largest absolute Gasteiger partial charge is 0.363 e. The maximum atomic E-state index is 4.42. The Morgan fingerprint density at radius 2 is 2.10 bits per heavy atom. The number of thiophene rings is 1. The van der Waals surface area contributed by atoms with Crippen molar-refractivity contribution in [3.05, 3.63) is 47.6 Å². The van der Waals surface area contributed by atoms with Gasteiger partial charge in [-0.1, -0.05) is 18.2 Å². The molecule has 0 unspecified atom stereocenters. The Hall–Kier alpha value is -1.59. The van der Waals surface area contributed by atoms with Crippen LogP contribution < -0.4 is 5.32 Å². The molecule has 3 heterocycles. The first-order chi connectivity index (χ1) is 9.92. The zero-order valence-electron chi connectivity index (χ0n) is 10.7. The number of aromatic nitrogens is 2. The lowest BCUT2D eigenvalue weighted by atomic mass is 10.0. The summed E-state index contributed by atoms with van der Waals surface area (Å²) in [5, 5.41) is 6.79. The fourth-order valence-corrected chi connectivity index (χ4v) is 4.42. The van der Waals surface area contributed by atoms with E-state index >= 15 is 0 Å². The molecule has 1 aliphatic rings. The predicted octanol–water partition coefficient (Wildman–Crippen LogP) is 4.34. The van der Waals surface area contributed by atoms with Gasteiger partial charge in [0.15, 0.2) is 0 Å². The van der Waals surface area contributed by atoms with E-state index in [0.29, 0.717) is 6.04 Å². The van der Waals surface area contributed by atoms with Crippen molar-refractivity contribution in [1.82, 2.24) is 9.97 Å². The fraction of sp³-hybridized carbons (Fsp3) is 0.200. The quantitative estimate of drug-likeness (QED) is 0.764. The standard InChI is InChI=1S/C15H13N3S2/c1-2-4-13-10(3-1)12(6-8-19-13)18-14-11-5-7-20-15(11)17-9-16-14/h1-5,7,9,12H,6,8H2,(H,16,17,18)/t12-/m1/s1. The molecule has 3 nitrogen and oxygen atoms in total. The van der Waals surface area contributed by atoms with Gasteiger partial charge in [0, 0.05) is 10.6 Å². The van der Waals surface area contributed by atoms with Crippen LogP contribution in [0, 0.1) is 0 Å². The van der Waals surface area contributed by atoms with Crippen LogP contribution in [-0.4, -0.2) is 15.7 Å². The highest BCUT2D eigenvalue weighted by Gasteiger charge is 2.21. The van der Waals surface area contributed by atoms with Crippen LogP contribution >= 0.6 is 23.1 Å². The molecule has 0 amide bonds. The van der Waals surface area contributed by atoms with E-state index in [2.05, 4.69) is 51.0 Å². The summed E-state index contributed by atoms with van der Waals surface area (Å²) in [6.07, 6.45) is 2.77. The molecule has 1 aromatic carbocycles. The normalized spacial score (nSPS) is 17.9. The van der Waals surface area contributed by atoms with Gasteiger partial charge in [0.25, 0.3) is 0 Å². The maximum Gasteiger partial charge on any atom is 0.138 e. The number of nitrogens with one attached hydrogen (secondary N) is 1. The van der Waals surface area contributed by atoms with Gasteiger partial charge < -0.3 is 5.32 Å². The summed E-state index contributed by atoms with van der Waals surface area (Å²) in [5.41, 5.74) is 1.38. The molecule has 0 aliphatic carbocycles. The highest BCUT2D eigenvalue weighted by atomic mass is 32.2. The van der Waals surface area contributed by atoms with E-state index in [1.807, 2.05) is 11.8 Å². The van der Waals surface area contributed by atoms with Crippen molar-refractivity contribution in [2.75, 3.05) is 11.1 Å².